The molecule has 4 heteroatoms. The molecule has 94 valence electrons. The van der Waals surface area contributed by atoms with E-state index < -0.39 is 0 Å². The number of nitrogens with zero attached hydrogens (tertiary/aromatic N) is 1. The molecule has 1 aliphatic carbocycles. The first kappa shape index (κ1) is 12.3. The Balaban J connectivity index is 2.40. The van der Waals surface area contributed by atoms with E-state index in [1.54, 1.807) is 14.2 Å². The standard InChI is InChI=1S/C13H20N2O2/c1-8-13(17-3)12(11-4-9(11)5-14)10(6-15-8)7-16-2/h6,9,11H,4-5,7,14H2,1-3H3/t9-,11+/m0/s1. The highest BCUT2D eigenvalue weighted by atomic mass is 16.5. The van der Waals surface area contributed by atoms with Gasteiger partial charge in [-0.1, -0.05) is 0 Å². The smallest absolute Gasteiger partial charge is 0.143 e. The topological polar surface area (TPSA) is 57.4 Å². The summed E-state index contributed by atoms with van der Waals surface area (Å²) in [7, 11) is 3.40. The van der Waals surface area contributed by atoms with Gasteiger partial charge in [0.05, 0.1) is 19.4 Å². The highest BCUT2D eigenvalue weighted by molar-refractivity contribution is 5.47. The summed E-state index contributed by atoms with van der Waals surface area (Å²) in [6, 6.07) is 0. The molecule has 0 spiro atoms. The zero-order valence-corrected chi connectivity index (χ0v) is 10.7. The summed E-state index contributed by atoms with van der Waals surface area (Å²) in [5, 5.41) is 0. The Hall–Kier alpha value is -1.13. The second-order valence-electron chi connectivity index (χ2n) is 4.59. The van der Waals surface area contributed by atoms with E-state index in [4.69, 9.17) is 15.2 Å². The van der Waals surface area contributed by atoms with Crippen LogP contribution >= 0.6 is 0 Å². The van der Waals surface area contributed by atoms with Gasteiger partial charge >= 0.3 is 0 Å². The van der Waals surface area contributed by atoms with Crippen LogP contribution in [0.25, 0.3) is 0 Å². The second-order valence-corrected chi connectivity index (χ2v) is 4.59. The van der Waals surface area contributed by atoms with Gasteiger partial charge in [0.15, 0.2) is 0 Å². The number of hydrogen-bond donors (Lipinski definition) is 1. The lowest BCUT2D eigenvalue weighted by molar-refractivity contribution is 0.183. The molecule has 0 saturated heterocycles. The van der Waals surface area contributed by atoms with E-state index >= 15 is 0 Å². The van der Waals surface area contributed by atoms with E-state index in [9.17, 15) is 0 Å². The number of ether oxygens (including phenoxy) is 2. The van der Waals surface area contributed by atoms with Gasteiger partial charge in [-0.2, -0.15) is 0 Å². The minimum Gasteiger partial charge on any atom is -0.495 e. The van der Waals surface area contributed by atoms with Crippen molar-refractivity contribution in [1.29, 1.82) is 0 Å². The number of aryl methyl sites for hydroxylation is 1. The lowest BCUT2D eigenvalue weighted by atomic mass is 10.0. The van der Waals surface area contributed by atoms with Crippen LogP contribution in [0.2, 0.25) is 0 Å². The van der Waals surface area contributed by atoms with Crippen LogP contribution in [0.5, 0.6) is 5.75 Å². The summed E-state index contributed by atoms with van der Waals surface area (Å²) in [5.41, 5.74) is 9.03. The molecule has 0 aliphatic heterocycles. The van der Waals surface area contributed by atoms with Crippen molar-refractivity contribution in [1.82, 2.24) is 4.98 Å². The maximum atomic E-state index is 5.73. The largest absolute Gasteiger partial charge is 0.495 e. The third-order valence-corrected chi connectivity index (χ3v) is 3.43. The molecule has 2 N–H and O–H groups in total. The first-order valence-electron chi connectivity index (χ1n) is 5.94. The third-order valence-electron chi connectivity index (χ3n) is 3.43. The second kappa shape index (κ2) is 5.02. The van der Waals surface area contributed by atoms with Gasteiger partial charge in [-0.15, -0.1) is 0 Å². The zero-order chi connectivity index (χ0) is 12.4. The molecule has 2 rings (SSSR count). The first-order chi connectivity index (χ1) is 8.22. The quantitative estimate of drug-likeness (QED) is 0.843. The molecule has 1 aliphatic rings. The Morgan fingerprint density at radius 2 is 2.24 bits per heavy atom. The van der Waals surface area contributed by atoms with E-state index in [1.807, 2.05) is 13.1 Å². The summed E-state index contributed by atoms with van der Waals surface area (Å²) >= 11 is 0. The summed E-state index contributed by atoms with van der Waals surface area (Å²) in [6.45, 7) is 3.28. The van der Waals surface area contributed by atoms with Crippen LogP contribution in [0.4, 0.5) is 0 Å². The van der Waals surface area contributed by atoms with Gasteiger partial charge in [-0.05, 0) is 31.7 Å². The molecule has 1 aromatic heterocycles. The van der Waals surface area contributed by atoms with Crippen molar-refractivity contribution in [3.05, 3.63) is 23.0 Å². The summed E-state index contributed by atoms with van der Waals surface area (Å²) in [6.07, 6.45) is 3.04. The van der Waals surface area contributed by atoms with E-state index in [-0.39, 0.29) is 0 Å². The number of pyridine rings is 1. The van der Waals surface area contributed by atoms with Gasteiger partial charge in [0.1, 0.15) is 5.75 Å². The Morgan fingerprint density at radius 3 is 2.76 bits per heavy atom. The highest BCUT2D eigenvalue weighted by Gasteiger charge is 2.40. The van der Waals surface area contributed by atoms with Crippen molar-refractivity contribution < 1.29 is 9.47 Å². The number of hydrogen-bond acceptors (Lipinski definition) is 4. The van der Waals surface area contributed by atoms with E-state index in [2.05, 4.69) is 4.98 Å². The van der Waals surface area contributed by atoms with Gasteiger partial charge in [0, 0.05) is 24.4 Å². The fraction of sp³-hybridized carbons (Fsp3) is 0.615. The average molecular weight is 236 g/mol. The van der Waals surface area contributed by atoms with Crippen LogP contribution in [0.1, 0.15) is 29.2 Å². The highest BCUT2D eigenvalue weighted by Crippen LogP contribution is 2.51. The predicted octanol–water partition coefficient (Wildman–Crippen LogP) is 1.61. The molecule has 0 radical (unpaired) electrons. The lowest BCUT2D eigenvalue weighted by Gasteiger charge is -2.15. The fourth-order valence-electron chi connectivity index (χ4n) is 2.44. The Kier molecular flexibility index (Phi) is 3.64. The van der Waals surface area contributed by atoms with Gasteiger partial charge < -0.3 is 15.2 Å². The van der Waals surface area contributed by atoms with Crippen LogP contribution < -0.4 is 10.5 Å². The molecule has 1 aromatic rings. The molecule has 0 aromatic carbocycles. The van der Waals surface area contributed by atoms with Crippen LogP contribution in [0.3, 0.4) is 0 Å². The molecule has 4 nitrogen and oxygen atoms in total. The van der Waals surface area contributed by atoms with Crippen molar-refractivity contribution in [2.24, 2.45) is 11.7 Å². The molecule has 2 atom stereocenters. The summed E-state index contributed by atoms with van der Waals surface area (Å²) < 4.78 is 10.7. The van der Waals surface area contributed by atoms with E-state index in [0.29, 0.717) is 18.4 Å². The van der Waals surface area contributed by atoms with Crippen LogP contribution in [0, 0.1) is 12.8 Å². The zero-order valence-electron chi connectivity index (χ0n) is 10.7. The van der Waals surface area contributed by atoms with Crippen molar-refractivity contribution in [3.63, 3.8) is 0 Å². The molecule has 1 heterocycles. The first-order valence-corrected chi connectivity index (χ1v) is 5.94. The Labute approximate surface area is 102 Å². The van der Waals surface area contributed by atoms with Gasteiger partial charge in [-0.3, -0.25) is 4.98 Å². The molecule has 17 heavy (non-hydrogen) atoms. The van der Waals surface area contributed by atoms with Gasteiger partial charge in [0.25, 0.3) is 0 Å². The van der Waals surface area contributed by atoms with Crippen LogP contribution in [0.15, 0.2) is 6.20 Å². The lowest BCUT2D eigenvalue weighted by Crippen LogP contribution is -2.06. The number of nitrogens with two attached hydrogens (primary N) is 1. The molecule has 1 fully saturated rings. The van der Waals surface area contributed by atoms with Gasteiger partial charge in [0.2, 0.25) is 0 Å². The minimum absolute atomic E-state index is 0.516. The van der Waals surface area contributed by atoms with Crippen molar-refractivity contribution >= 4 is 0 Å². The SMILES string of the molecule is COCc1cnc(C)c(OC)c1[C@@H]1C[C@H]1CN. The summed E-state index contributed by atoms with van der Waals surface area (Å²) in [4.78, 5) is 4.35. The normalized spacial score (nSPS) is 22.6. The predicted molar refractivity (Wildman–Crippen MR) is 66.1 cm³/mol. The molecule has 0 amide bonds. The van der Waals surface area contributed by atoms with E-state index in [1.165, 1.54) is 5.56 Å². The maximum absolute atomic E-state index is 5.73. The molecular weight excluding hydrogens is 216 g/mol. The number of aromatic nitrogens is 1. The maximum Gasteiger partial charge on any atom is 0.143 e. The van der Waals surface area contributed by atoms with Crippen molar-refractivity contribution in [2.45, 2.75) is 25.9 Å². The Morgan fingerprint density at radius 1 is 1.47 bits per heavy atom. The summed E-state index contributed by atoms with van der Waals surface area (Å²) in [5.74, 6) is 2.00. The number of rotatable bonds is 5. The molecule has 1 saturated carbocycles. The van der Waals surface area contributed by atoms with Crippen molar-refractivity contribution in [3.8, 4) is 5.75 Å². The monoisotopic (exact) mass is 236 g/mol. The van der Waals surface area contributed by atoms with E-state index in [0.717, 1.165) is 30.0 Å². The van der Waals surface area contributed by atoms with Crippen molar-refractivity contribution in [2.75, 3.05) is 20.8 Å². The molecular formula is C13H20N2O2. The fourth-order valence-corrected chi connectivity index (χ4v) is 2.44. The Bertz CT molecular complexity index is 407. The number of methoxy groups -OCH3 is 2. The van der Waals surface area contributed by atoms with Crippen LogP contribution in [-0.2, 0) is 11.3 Å². The average Bonchev–Trinajstić information content (AvgIpc) is 3.10. The minimum atomic E-state index is 0.516. The third kappa shape index (κ3) is 2.28. The molecule has 0 bridgehead atoms. The molecule has 0 unspecified atom stereocenters. The van der Waals surface area contributed by atoms with Crippen LogP contribution in [-0.4, -0.2) is 25.7 Å². The van der Waals surface area contributed by atoms with Gasteiger partial charge in [-0.25, -0.2) is 0 Å².